The highest BCUT2D eigenvalue weighted by Crippen LogP contribution is 2.20. The van der Waals surface area contributed by atoms with E-state index in [0.29, 0.717) is 11.3 Å². The smallest absolute Gasteiger partial charge is 0.305 e. The maximum Gasteiger partial charge on any atom is 0.305 e. The lowest BCUT2D eigenvalue weighted by atomic mass is 10.1. The average Bonchev–Trinajstić information content (AvgIpc) is 3.00. The number of para-hydroxylation sites is 1. The van der Waals surface area contributed by atoms with E-state index in [1.807, 2.05) is 25.1 Å². The second kappa shape index (κ2) is 6.54. The first-order valence-electron chi connectivity index (χ1n) is 7.55. The van der Waals surface area contributed by atoms with Gasteiger partial charge in [-0.2, -0.15) is 0 Å². The molecule has 6 nitrogen and oxygen atoms in total. The summed E-state index contributed by atoms with van der Waals surface area (Å²) in [6, 6.07) is 10.4. The number of nitrogens with zero attached hydrogens (tertiary/aromatic N) is 1. The molecule has 122 valence electrons. The first kappa shape index (κ1) is 15.7. The van der Waals surface area contributed by atoms with Crippen molar-refractivity contribution in [3.63, 3.8) is 0 Å². The maximum absolute atomic E-state index is 12.5. The fourth-order valence-corrected chi connectivity index (χ4v) is 2.67. The molecule has 1 atom stereocenters. The molecule has 24 heavy (non-hydrogen) atoms. The zero-order valence-electron chi connectivity index (χ0n) is 13.1. The maximum atomic E-state index is 12.5. The van der Waals surface area contributed by atoms with Gasteiger partial charge in [-0.3, -0.25) is 14.6 Å². The number of carbonyl (C=O) groups is 2. The predicted molar refractivity (Wildman–Crippen MR) is 89.7 cm³/mol. The molecule has 0 saturated carbocycles. The van der Waals surface area contributed by atoms with Gasteiger partial charge in [0.1, 0.15) is 5.69 Å². The molecule has 0 saturated heterocycles. The normalized spacial score (nSPS) is 12.0. The number of amides is 1. The fourth-order valence-electron chi connectivity index (χ4n) is 2.67. The Morgan fingerprint density at radius 3 is 2.79 bits per heavy atom. The molecule has 3 aromatic rings. The summed E-state index contributed by atoms with van der Waals surface area (Å²) in [5.41, 5.74) is 3.00. The number of hydrogen-bond donors (Lipinski definition) is 3. The minimum atomic E-state index is -0.989. The molecular weight excluding hydrogens is 306 g/mol. The first-order chi connectivity index (χ1) is 11.5. The van der Waals surface area contributed by atoms with Gasteiger partial charge in [0.05, 0.1) is 12.5 Å². The third kappa shape index (κ3) is 3.27. The highest BCUT2D eigenvalue weighted by molar-refractivity contribution is 5.99. The summed E-state index contributed by atoms with van der Waals surface area (Å²) in [6.07, 6.45) is 2.95. The number of carbonyl (C=O) groups excluding carboxylic acids is 1. The van der Waals surface area contributed by atoms with Gasteiger partial charge in [0, 0.05) is 23.3 Å². The van der Waals surface area contributed by atoms with Crippen LogP contribution in [0, 0.1) is 6.92 Å². The van der Waals surface area contributed by atoms with E-state index in [4.69, 9.17) is 5.11 Å². The van der Waals surface area contributed by atoms with Crippen molar-refractivity contribution in [2.24, 2.45) is 0 Å². The Morgan fingerprint density at radius 2 is 2.12 bits per heavy atom. The molecular formula is C18H17N3O3. The van der Waals surface area contributed by atoms with Gasteiger partial charge in [-0.25, -0.2) is 0 Å². The summed E-state index contributed by atoms with van der Waals surface area (Å²) in [7, 11) is 0. The number of carboxylic acid groups (broad SMARTS) is 1. The molecule has 3 N–H and O–H groups in total. The summed E-state index contributed by atoms with van der Waals surface area (Å²) in [5.74, 6) is -1.34. The third-order valence-corrected chi connectivity index (χ3v) is 3.88. The number of pyridine rings is 1. The average molecular weight is 323 g/mol. The monoisotopic (exact) mass is 323 g/mol. The number of aryl methyl sites for hydroxylation is 1. The Bertz CT molecular complexity index is 887. The van der Waals surface area contributed by atoms with Crippen LogP contribution < -0.4 is 5.32 Å². The lowest BCUT2D eigenvalue weighted by Gasteiger charge is -2.16. The summed E-state index contributed by atoms with van der Waals surface area (Å²) in [4.78, 5) is 30.7. The topological polar surface area (TPSA) is 95.1 Å². The predicted octanol–water partition coefficient (Wildman–Crippen LogP) is 2.82. The van der Waals surface area contributed by atoms with Crippen molar-refractivity contribution in [1.29, 1.82) is 0 Å². The molecule has 0 unspecified atom stereocenters. The zero-order valence-corrected chi connectivity index (χ0v) is 13.1. The molecule has 0 aliphatic heterocycles. The van der Waals surface area contributed by atoms with Crippen LogP contribution in [0.2, 0.25) is 0 Å². The quantitative estimate of drug-likeness (QED) is 0.673. The lowest BCUT2D eigenvalue weighted by Crippen LogP contribution is -2.30. The van der Waals surface area contributed by atoms with Gasteiger partial charge in [-0.05, 0) is 30.2 Å². The number of benzene rings is 1. The van der Waals surface area contributed by atoms with Crippen molar-refractivity contribution in [2.75, 3.05) is 0 Å². The molecule has 1 aromatic carbocycles. The number of aromatic nitrogens is 2. The van der Waals surface area contributed by atoms with Crippen LogP contribution in [0.4, 0.5) is 0 Å². The van der Waals surface area contributed by atoms with Crippen LogP contribution in [0.5, 0.6) is 0 Å². The molecule has 6 heteroatoms. The molecule has 0 fully saturated rings. The van der Waals surface area contributed by atoms with Crippen LogP contribution in [0.25, 0.3) is 10.9 Å². The van der Waals surface area contributed by atoms with E-state index in [1.165, 1.54) is 0 Å². The largest absolute Gasteiger partial charge is 0.481 e. The van der Waals surface area contributed by atoms with Crippen LogP contribution in [-0.2, 0) is 4.79 Å². The second-order valence-corrected chi connectivity index (χ2v) is 5.63. The Balaban J connectivity index is 1.87. The minimum Gasteiger partial charge on any atom is -0.481 e. The Kier molecular flexibility index (Phi) is 4.29. The van der Waals surface area contributed by atoms with Crippen molar-refractivity contribution in [3.8, 4) is 0 Å². The zero-order chi connectivity index (χ0) is 17.1. The number of aromatic amines is 1. The molecule has 0 aliphatic carbocycles. The number of aliphatic carboxylic acids is 1. The third-order valence-electron chi connectivity index (χ3n) is 3.88. The van der Waals surface area contributed by atoms with Gasteiger partial charge >= 0.3 is 5.97 Å². The van der Waals surface area contributed by atoms with Crippen molar-refractivity contribution >= 4 is 22.8 Å². The number of nitrogens with one attached hydrogen (secondary N) is 2. The van der Waals surface area contributed by atoms with Gasteiger partial charge < -0.3 is 15.4 Å². The van der Waals surface area contributed by atoms with Crippen LogP contribution in [0.15, 0.2) is 48.8 Å². The van der Waals surface area contributed by atoms with E-state index < -0.39 is 12.0 Å². The standard InChI is InChI=1S/C18H17N3O3/c1-11-4-2-5-12-8-15(20-17(11)12)18(24)21-14(9-16(22)23)13-6-3-7-19-10-13/h2-8,10,14,20H,9H2,1H3,(H,21,24)(H,22,23)/t14-/m0/s1. The van der Waals surface area contributed by atoms with E-state index in [2.05, 4.69) is 15.3 Å². The molecule has 2 aromatic heterocycles. The van der Waals surface area contributed by atoms with Crippen molar-refractivity contribution in [1.82, 2.24) is 15.3 Å². The van der Waals surface area contributed by atoms with Gasteiger partial charge in [-0.15, -0.1) is 0 Å². The van der Waals surface area contributed by atoms with Crippen LogP contribution in [0.3, 0.4) is 0 Å². The molecule has 0 spiro atoms. The van der Waals surface area contributed by atoms with Gasteiger partial charge in [0.15, 0.2) is 0 Å². The molecule has 1 amide bonds. The van der Waals surface area contributed by atoms with Gasteiger partial charge in [-0.1, -0.05) is 24.3 Å². The Morgan fingerprint density at radius 1 is 1.29 bits per heavy atom. The Labute approximate surface area is 138 Å². The van der Waals surface area contributed by atoms with Gasteiger partial charge in [0.25, 0.3) is 5.91 Å². The number of rotatable bonds is 5. The summed E-state index contributed by atoms with van der Waals surface area (Å²) >= 11 is 0. The molecule has 0 aliphatic rings. The summed E-state index contributed by atoms with van der Waals surface area (Å²) in [5, 5.41) is 12.8. The highest BCUT2D eigenvalue weighted by atomic mass is 16.4. The van der Waals surface area contributed by atoms with Crippen molar-refractivity contribution in [3.05, 3.63) is 65.6 Å². The second-order valence-electron chi connectivity index (χ2n) is 5.63. The van der Waals surface area contributed by atoms with Gasteiger partial charge in [0.2, 0.25) is 0 Å². The first-order valence-corrected chi connectivity index (χ1v) is 7.55. The van der Waals surface area contributed by atoms with Crippen LogP contribution >= 0.6 is 0 Å². The lowest BCUT2D eigenvalue weighted by molar-refractivity contribution is -0.137. The molecule has 0 bridgehead atoms. The van der Waals surface area contributed by atoms with Crippen LogP contribution in [0.1, 0.15) is 34.1 Å². The number of fused-ring (bicyclic) bond motifs is 1. The van der Waals surface area contributed by atoms with E-state index in [0.717, 1.165) is 16.5 Å². The van der Waals surface area contributed by atoms with E-state index in [9.17, 15) is 9.59 Å². The Hall–Kier alpha value is -3.15. The minimum absolute atomic E-state index is 0.212. The fraction of sp³-hybridized carbons (Fsp3) is 0.167. The number of hydrogen-bond acceptors (Lipinski definition) is 3. The molecule has 2 heterocycles. The van der Waals surface area contributed by atoms with Crippen LogP contribution in [-0.4, -0.2) is 27.0 Å². The van der Waals surface area contributed by atoms with E-state index >= 15 is 0 Å². The SMILES string of the molecule is Cc1cccc2cc(C(=O)N[C@@H](CC(=O)O)c3cccnc3)[nH]c12. The van der Waals surface area contributed by atoms with Crippen molar-refractivity contribution < 1.29 is 14.7 Å². The van der Waals surface area contributed by atoms with E-state index in [-0.39, 0.29) is 12.3 Å². The van der Waals surface area contributed by atoms with Crippen molar-refractivity contribution in [2.45, 2.75) is 19.4 Å². The summed E-state index contributed by atoms with van der Waals surface area (Å²) < 4.78 is 0. The summed E-state index contributed by atoms with van der Waals surface area (Å²) in [6.45, 7) is 1.96. The molecule has 0 radical (unpaired) electrons. The highest BCUT2D eigenvalue weighted by Gasteiger charge is 2.20. The number of carboxylic acids is 1. The van der Waals surface area contributed by atoms with E-state index in [1.54, 1.807) is 30.6 Å². The molecule has 3 rings (SSSR count). The number of H-pyrrole nitrogens is 1.